The number of hydrogen-bond acceptors (Lipinski definition) is 3. The molecule has 0 aliphatic carbocycles. The molecule has 0 heterocycles. The number of nitrogens with one attached hydrogen (secondary N) is 1. The quantitative estimate of drug-likeness (QED) is 0.668. The second-order valence-corrected chi connectivity index (χ2v) is 5.52. The molecule has 24 heavy (non-hydrogen) atoms. The standard InChI is InChI=1S/C20H21N3O/c1-4-16-10-8-9-15(2)19(16)22-20(24)17(13-21)14-23(3)18-11-6-5-7-12-18/h5-12,14H,4H2,1-3H3,(H,22,24)/b17-14-. The van der Waals surface area contributed by atoms with Gasteiger partial charge in [0.15, 0.2) is 0 Å². The van der Waals surface area contributed by atoms with Crippen molar-refractivity contribution in [2.24, 2.45) is 0 Å². The highest BCUT2D eigenvalue weighted by Gasteiger charge is 2.14. The summed E-state index contributed by atoms with van der Waals surface area (Å²) in [5.41, 5.74) is 3.79. The highest BCUT2D eigenvalue weighted by Crippen LogP contribution is 2.22. The summed E-state index contributed by atoms with van der Waals surface area (Å²) in [4.78, 5) is 14.3. The first kappa shape index (κ1) is 17.3. The van der Waals surface area contributed by atoms with E-state index in [0.29, 0.717) is 0 Å². The number of aryl methyl sites for hydroxylation is 2. The Labute approximate surface area is 143 Å². The molecular formula is C20H21N3O. The summed E-state index contributed by atoms with van der Waals surface area (Å²) < 4.78 is 0. The molecule has 0 spiro atoms. The van der Waals surface area contributed by atoms with Crippen LogP contribution in [-0.4, -0.2) is 13.0 Å². The zero-order valence-electron chi connectivity index (χ0n) is 14.2. The summed E-state index contributed by atoms with van der Waals surface area (Å²) in [7, 11) is 1.81. The Kier molecular flexibility index (Phi) is 5.75. The first-order valence-electron chi connectivity index (χ1n) is 7.86. The molecule has 0 aliphatic rings. The van der Waals surface area contributed by atoms with E-state index >= 15 is 0 Å². The molecule has 1 amide bonds. The molecule has 0 radical (unpaired) electrons. The second kappa shape index (κ2) is 7.98. The Balaban J connectivity index is 2.24. The largest absolute Gasteiger partial charge is 0.350 e. The maximum absolute atomic E-state index is 12.5. The third kappa shape index (κ3) is 4.02. The Morgan fingerprint density at radius 1 is 1.21 bits per heavy atom. The number of anilines is 2. The van der Waals surface area contributed by atoms with Gasteiger partial charge in [0.2, 0.25) is 0 Å². The van der Waals surface area contributed by atoms with Crippen molar-refractivity contribution in [3.63, 3.8) is 0 Å². The van der Waals surface area contributed by atoms with Gasteiger partial charge in [0.05, 0.1) is 0 Å². The van der Waals surface area contributed by atoms with Gasteiger partial charge in [-0.2, -0.15) is 5.26 Å². The fourth-order valence-electron chi connectivity index (χ4n) is 2.45. The van der Waals surface area contributed by atoms with Crippen molar-refractivity contribution in [2.45, 2.75) is 20.3 Å². The summed E-state index contributed by atoms with van der Waals surface area (Å²) in [5, 5.41) is 12.2. The number of amides is 1. The van der Waals surface area contributed by atoms with Crippen LogP contribution in [0, 0.1) is 18.3 Å². The topological polar surface area (TPSA) is 56.1 Å². The fraction of sp³-hybridized carbons (Fsp3) is 0.200. The van der Waals surface area contributed by atoms with Gasteiger partial charge in [-0.3, -0.25) is 4.79 Å². The van der Waals surface area contributed by atoms with Gasteiger partial charge < -0.3 is 10.2 Å². The van der Waals surface area contributed by atoms with Crippen LogP contribution in [0.3, 0.4) is 0 Å². The van der Waals surface area contributed by atoms with Gasteiger partial charge in [0.25, 0.3) is 5.91 Å². The summed E-state index contributed by atoms with van der Waals surface area (Å²) in [6, 6.07) is 17.5. The van der Waals surface area contributed by atoms with Crippen molar-refractivity contribution in [1.82, 2.24) is 0 Å². The van der Waals surface area contributed by atoms with Gasteiger partial charge in [0.1, 0.15) is 11.6 Å². The number of para-hydroxylation sites is 2. The Morgan fingerprint density at radius 2 is 1.92 bits per heavy atom. The van der Waals surface area contributed by atoms with Gasteiger partial charge >= 0.3 is 0 Å². The maximum atomic E-state index is 12.5. The van der Waals surface area contributed by atoms with E-state index in [-0.39, 0.29) is 5.57 Å². The molecule has 4 heteroatoms. The summed E-state index contributed by atoms with van der Waals surface area (Å²) in [5.74, 6) is -0.399. The van der Waals surface area contributed by atoms with Gasteiger partial charge in [-0.25, -0.2) is 0 Å². The van der Waals surface area contributed by atoms with Crippen LogP contribution in [-0.2, 0) is 11.2 Å². The molecule has 2 rings (SSSR count). The van der Waals surface area contributed by atoms with Gasteiger partial charge in [-0.1, -0.05) is 43.3 Å². The number of benzene rings is 2. The zero-order valence-corrected chi connectivity index (χ0v) is 14.2. The van der Waals surface area contributed by atoms with Crippen molar-refractivity contribution in [3.8, 4) is 6.07 Å². The molecule has 2 aromatic carbocycles. The predicted molar refractivity (Wildman–Crippen MR) is 97.7 cm³/mol. The second-order valence-electron chi connectivity index (χ2n) is 5.52. The molecule has 2 aromatic rings. The van der Waals surface area contributed by atoms with Crippen LogP contribution in [0.1, 0.15) is 18.1 Å². The van der Waals surface area contributed by atoms with E-state index in [0.717, 1.165) is 28.9 Å². The molecule has 0 unspecified atom stereocenters. The highest BCUT2D eigenvalue weighted by atomic mass is 16.1. The number of nitriles is 1. The minimum atomic E-state index is -0.399. The van der Waals surface area contributed by atoms with Crippen molar-refractivity contribution in [3.05, 3.63) is 71.4 Å². The van der Waals surface area contributed by atoms with Crippen LogP contribution in [0.15, 0.2) is 60.3 Å². The number of hydrogen-bond donors (Lipinski definition) is 1. The lowest BCUT2D eigenvalue weighted by atomic mass is 10.1. The number of carbonyl (C=O) groups is 1. The average molecular weight is 319 g/mol. The van der Waals surface area contributed by atoms with E-state index in [1.807, 2.05) is 75.5 Å². The molecule has 1 N–H and O–H groups in total. The molecule has 0 aromatic heterocycles. The molecule has 0 atom stereocenters. The molecular weight excluding hydrogens is 298 g/mol. The van der Waals surface area contributed by atoms with Crippen LogP contribution in [0.2, 0.25) is 0 Å². The van der Waals surface area contributed by atoms with Gasteiger partial charge in [-0.15, -0.1) is 0 Å². The molecule has 122 valence electrons. The molecule has 0 bridgehead atoms. The van der Waals surface area contributed by atoms with E-state index < -0.39 is 5.91 Å². The lowest BCUT2D eigenvalue weighted by Crippen LogP contribution is -2.19. The molecule has 0 saturated heterocycles. The monoisotopic (exact) mass is 319 g/mol. The summed E-state index contributed by atoms with van der Waals surface area (Å²) in [6.07, 6.45) is 2.36. The van der Waals surface area contributed by atoms with Crippen LogP contribution >= 0.6 is 0 Å². The number of rotatable bonds is 5. The smallest absolute Gasteiger partial charge is 0.267 e. The van der Waals surface area contributed by atoms with Crippen molar-refractivity contribution in [2.75, 3.05) is 17.3 Å². The van der Waals surface area contributed by atoms with E-state index in [4.69, 9.17) is 0 Å². The van der Waals surface area contributed by atoms with E-state index in [1.165, 1.54) is 0 Å². The van der Waals surface area contributed by atoms with Crippen molar-refractivity contribution in [1.29, 1.82) is 5.26 Å². The normalized spacial score (nSPS) is 10.8. The Hall–Kier alpha value is -3.06. The summed E-state index contributed by atoms with van der Waals surface area (Å²) >= 11 is 0. The SMILES string of the molecule is CCc1cccc(C)c1NC(=O)/C(C#N)=C\N(C)c1ccccc1. The van der Waals surface area contributed by atoms with Crippen molar-refractivity contribution >= 4 is 17.3 Å². The Bertz CT molecular complexity index is 788. The molecule has 4 nitrogen and oxygen atoms in total. The van der Waals surface area contributed by atoms with Crippen LogP contribution in [0.4, 0.5) is 11.4 Å². The minimum absolute atomic E-state index is 0.0617. The molecule has 0 fully saturated rings. The van der Waals surface area contributed by atoms with Gasteiger partial charge in [-0.05, 0) is 36.6 Å². The maximum Gasteiger partial charge on any atom is 0.267 e. The predicted octanol–water partition coefficient (Wildman–Crippen LogP) is 4.04. The van der Waals surface area contributed by atoms with E-state index in [1.54, 1.807) is 11.1 Å². The van der Waals surface area contributed by atoms with Crippen LogP contribution in [0.25, 0.3) is 0 Å². The average Bonchev–Trinajstić information content (AvgIpc) is 2.61. The third-order valence-corrected chi connectivity index (χ3v) is 3.83. The fourth-order valence-corrected chi connectivity index (χ4v) is 2.45. The first-order chi connectivity index (χ1) is 11.6. The summed E-state index contributed by atoms with van der Waals surface area (Å²) in [6.45, 7) is 3.98. The van der Waals surface area contributed by atoms with Crippen molar-refractivity contribution < 1.29 is 4.79 Å². The first-order valence-corrected chi connectivity index (χ1v) is 7.86. The lowest BCUT2D eigenvalue weighted by molar-refractivity contribution is -0.112. The highest BCUT2D eigenvalue weighted by molar-refractivity contribution is 6.07. The van der Waals surface area contributed by atoms with Gasteiger partial charge in [0, 0.05) is 24.6 Å². The van der Waals surface area contributed by atoms with Crippen LogP contribution in [0.5, 0.6) is 0 Å². The third-order valence-electron chi connectivity index (χ3n) is 3.83. The number of nitrogens with zero attached hydrogens (tertiary/aromatic N) is 2. The molecule has 0 aliphatic heterocycles. The number of carbonyl (C=O) groups excluding carboxylic acids is 1. The van der Waals surface area contributed by atoms with Crippen LogP contribution < -0.4 is 10.2 Å². The van der Waals surface area contributed by atoms with E-state index in [9.17, 15) is 10.1 Å². The van der Waals surface area contributed by atoms with E-state index in [2.05, 4.69) is 5.32 Å². The Morgan fingerprint density at radius 3 is 2.54 bits per heavy atom. The minimum Gasteiger partial charge on any atom is -0.350 e. The zero-order chi connectivity index (χ0) is 17.5. The lowest BCUT2D eigenvalue weighted by Gasteiger charge is -2.16. The molecule has 0 saturated carbocycles.